The minimum absolute atomic E-state index is 0.468. The normalized spacial score (nSPS) is 14.3. The molecule has 0 aliphatic rings. The monoisotopic (exact) mass is 220 g/mol. The smallest absolute Gasteiger partial charge is 0.272 e. The molecule has 1 aromatic rings. The third-order valence-electron chi connectivity index (χ3n) is 1.83. The predicted octanol–water partition coefficient (Wildman–Crippen LogP) is 2.48. The van der Waals surface area contributed by atoms with Crippen molar-refractivity contribution in [2.24, 2.45) is 0 Å². The van der Waals surface area contributed by atoms with Crippen LogP contribution in [0.5, 0.6) is 0 Å². The molecule has 74 valence electrons. The van der Waals surface area contributed by atoms with Gasteiger partial charge in [-0.1, -0.05) is 13.3 Å². The Morgan fingerprint density at radius 2 is 2.31 bits per heavy atom. The van der Waals surface area contributed by atoms with Crippen LogP contribution in [0.2, 0.25) is 0 Å². The van der Waals surface area contributed by atoms with Gasteiger partial charge in [0.25, 0.3) is 10.1 Å². The van der Waals surface area contributed by atoms with Crippen molar-refractivity contribution in [3.05, 3.63) is 22.4 Å². The Hall–Kier alpha value is -0.390. The van der Waals surface area contributed by atoms with Gasteiger partial charge in [-0.25, -0.2) is 0 Å². The van der Waals surface area contributed by atoms with Crippen LogP contribution < -0.4 is 0 Å². The van der Waals surface area contributed by atoms with E-state index in [0.29, 0.717) is 12.0 Å². The molecular formula is C8H12O3S2. The van der Waals surface area contributed by atoms with E-state index in [1.165, 1.54) is 11.3 Å². The molecule has 0 fully saturated rings. The SMILES string of the molecule is CCCC(c1ccsc1)S(=O)(=O)O. The Morgan fingerprint density at radius 1 is 1.62 bits per heavy atom. The Labute approximate surface area is 82.2 Å². The largest absolute Gasteiger partial charge is 0.285 e. The van der Waals surface area contributed by atoms with Crippen LogP contribution in [0.15, 0.2) is 16.8 Å². The summed E-state index contributed by atoms with van der Waals surface area (Å²) in [4.78, 5) is 0. The van der Waals surface area contributed by atoms with Crippen molar-refractivity contribution >= 4 is 21.5 Å². The van der Waals surface area contributed by atoms with Crippen LogP contribution in [-0.4, -0.2) is 13.0 Å². The quantitative estimate of drug-likeness (QED) is 0.793. The molecule has 5 heteroatoms. The van der Waals surface area contributed by atoms with Gasteiger partial charge in [-0.2, -0.15) is 19.8 Å². The Balaban J connectivity index is 2.94. The molecule has 0 saturated heterocycles. The van der Waals surface area contributed by atoms with Crippen LogP contribution in [0.25, 0.3) is 0 Å². The first-order chi connectivity index (χ1) is 6.05. The molecule has 0 saturated carbocycles. The van der Waals surface area contributed by atoms with Gasteiger partial charge in [-0.05, 0) is 28.8 Å². The third-order valence-corrected chi connectivity index (χ3v) is 3.75. The number of hydrogen-bond acceptors (Lipinski definition) is 3. The van der Waals surface area contributed by atoms with E-state index < -0.39 is 15.4 Å². The summed E-state index contributed by atoms with van der Waals surface area (Å²) < 4.78 is 30.9. The second-order valence-corrected chi connectivity index (χ2v) is 5.23. The lowest BCUT2D eigenvalue weighted by Gasteiger charge is -2.10. The summed E-state index contributed by atoms with van der Waals surface area (Å²) in [5.41, 5.74) is 0.689. The number of rotatable bonds is 4. The summed E-state index contributed by atoms with van der Waals surface area (Å²) in [5, 5.41) is 2.82. The lowest BCUT2D eigenvalue weighted by Crippen LogP contribution is -2.11. The molecule has 0 aliphatic carbocycles. The molecule has 0 aromatic carbocycles. The van der Waals surface area contributed by atoms with Gasteiger partial charge in [0.2, 0.25) is 0 Å². The van der Waals surface area contributed by atoms with Gasteiger partial charge >= 0.3 is 0 Å². The van der Waals surface area contributed by atoms with Crippen LogP contribution >= 0.6 is 11.3 Å². The summed E-state index contributed by atoms with van der Waals surface area (Å²) >= 11 is 1.43. The fourth-order valence-electron chi connectivity index (χ4n) is 1.21. The van der Waals surface area contributed by atoms with Crippen molar-refractivity contribution in [3.63, 3.8) is 0 Å². The third kappa shape index (κ3) is 2.79. The van der Waals surface area contributed by atoms with Crippen LogP contribution in [0.4, 0.5) is 0 Å². The Bertz CT molecular complexity index is 339. The van der Waals surface area contributed by atoms with Crippen molar-refractivity contribution in [2.45, 2.75) is 25.0 Å². The van der Waals surface area contributed by atoms with Crippen LogP contribution in [0.3, 0.4) is 0 Å². The molecule has 0 radical (unpaired) electrons. The Kier molecular flexibility index (Phi) is 3.47. The van der Waals surface area contributed by atoms with E-state index >= 15 is 0 Å². The molecule has 1 aromatic heterocycles. The summed E-state index contributed by atoms with van der Waals surface area (Å²) in [6.45, 7) is 1.89. The lowest BCUT2D eigenvalue weighted by molar-refractivity contribution is 0.463. The van der Waals surface area contributed by atoms with Crippen LogP contribution in [0, 0.1) is 0 Å². The van der Waals surface area contributed by atoms with Crippen LogP contribution in [-0.2, 0) is 10.1 Å². The van der Waals surface area contributed by atoms with Gasteiger partial charge in [0.05, 0.1) is 0 Å². The number of hydrogen-bond donors (Lipinski definition) is 1. The van der Waals surface area contributed by atoms with Gasteiger partial charge in [0, 0.05) is 0 Å². The topological polar surface area (TPSA) is 54.4 Å². The first kappa shape index (κ1) is 10.7. The summed E-state index contributed by atoms with van der Waals surface area (Å²) in [6, 6.07) is 1.73. The zero-order chi connectivity index (χ0) is 9.90. The van der Waals surface area contributed by atoms with Gasteiger partial charge in [0.15, 0.2) is 0 Å². The second kappa shape index (κ2) is 4.21. The summed E-state index contributed by atoms with van der Waals surface area (Å²) in [6.07, 6.45) is 1.20. The maximum Gasteiger partial charge on any atom is 0.272 e. The van der Waals surface area contributed by atoms with E-state index in [2.05, 4.69) is 0 Å². The van der Waals surface area contributed by atoms with Gasteiger partial charge < -0.3 is 0 Å². The first-order valence-electron chi connectivity index (χ1n) is 4.04. The van der Waals surface area contributed by atoms with E-state index in [9.17, 15) is 8.42 Å². The molecule has 1 atom stereocenters. The molecule has 1 unspecified atom stereocenters. The molecule has 1 heterocycles. The van der Waals surface area contributed by atoms with Crippen LogP contribution in [0.1, 0.15) is 30.6 Å². The van der Waals surface area contributed by atoms with E-state index in [-0.39, 0.29) is 0 Å². The van der Waals surface area contributed by atoms with Gasteiger partial charge in [-0.15, -0.1) is 0 Å². The van der Waals surface area contributed by atoms with Crippen molar-refractivity contribution in [1.82, 2.24) is 0 Å². The average molecular weight is 220 g/mol. The fraction of sp³-hybridized carbons (Fsp3) is 0.500. The molecule has 13 heavy (non-hydrogen) atoms. The average Bonchev–Trinajstić information content (AvgIpc) is 2.49. The summed E-state index contributed by atoms with van der Waals surface area (Å²) in [5.74, 6) is 0. The molecule has 0 bridgehead atoms. The zero-order valence-electron chi connectivity index (χ0n) is 7.30. The molecular weight excluding hydrogens is 208 g/mol. The minimum Gasteiger partial charge on any atom is -0.285 e. The van der Waals surface area contributed by atoms with Crippen molar-refractivity contribution in [3.8, 4) is 0 Å². The molecule has 1 N–H and O–H groups in total. The highest BCUT2D eigenvalue weighted by atomic mass is 32.2. The van der Waals surface area contributed by atoms with Crippen molar-refractivity contribution in [1.29, 1.82) is 0 Å². The van der Waals surface area contributed by atoms with E-state index in [0.717, 1.165) is 6.42 Å². The maximum atomic E-state index is 11.0. The minimum atomic E-state index is -3.94. The molecule has 0 aliphatic heterocycles. The van der Waals surface area contributed by atoms with Gasteiger partial charge in [-0.3, -0.25) is 4.55 Å². The Morgan fingerprint density at radius 3 is 2.69 bits per heavy atom. The molecule has 3 nitrogen and oxygen atoms in total. The van der Waals surface area contributed by atoms with E-state index in [1.807, 2.05) is 12.3 Å². The van der Waals surface area contributed by atoms with E-state index in [1.54, 1.807) is 11.4 Å². The fourth-order valence-corrected chi connectivity index (χ4v) is 3.03. The molecule has 0 spiro atoms. The lowest BCUT2D eigenvalue weighted by atomic mass is 10.1. The van der Waals surface area contributed by atoms with Crippen molar-refractivity contribution in [2.75, 3.05) is 0 Å². The molecule has 0 amide bonds. The number of thiophene rings is 1. The maximum absolute atomic E-state index is 11.0. The van der Waals surface area contributed by atoms with E-state index in [4.69, 9.17) is 4.55 Å². The summed E-state index contributed by atoms with van der Waals surface area (Å²) in [7, 11) is -3.94. The highest BCUT2D eigenvalue weighted by Gasteiger charge is 2.23. The second-order valence-electron chi connectivity index (χ2n) is 2.85. The van der Waals surface area contributed by atoms with Gasteiger partial charge in [0.1, 0.15) is 5.25 Å². The first-order valence-corrected chi connectivity index (χ1v) is 6.48. The highest BCUT2D eigenvalue weighted by Crippen LogP contribution is 2.27. The highest BCUT2D eigenvalue weighted by molar-refractivity contribution is 7.86. The predicted molar refractivity (Wildman–Crippen MR) is 53.5 cm³/mol. The van der Waals surface area contributed by atoms with Crippen molar-refractivity contribution < 1.29 is 13.0 Å². The standard InChI is InChI=1S/C8H12O3S2/c1-2-3-8(13(9,10)11)7-4-5-12-6-7/h4-6,8H,2-3H2,1H3,(H,9,10,11). The molecule has 1 rings (SSSR count). The zero-order valence-corrected chi connectivity index (χ0v) is 8.94.